The van der Waals surface area contributed by atoms with Crippen molar-refractivity contribution in [1.29, 1.82) is 0 Å². The normalized spacial score (nSPS) is 29.6. The van der Waals surface area contributed by atoms with E-state index in [1.54, 1.807) is 12.1 Å². The molecule has 1 heterocycles. The number of nitrogens with zero attached hydrogens (tertiary/aromatic N) is 1. The number of halogens is 1. The second-order valence-corrected chi connectivity index (χ2v) is 5.43. The van der Waals surface area contributed by atoms with Crippen molar-refractivity contribution in [2.45, 2.75) is 37.8 Å². The lowest BCUT2D eigenvalue weighted by Crippen LogP contribution is -2.34. The molecule has 3 nitrogen and oxygen atoms in total. The van der Waals surface area contributed by atoms with E-state index in [-0.39, 0.29) is 18.0 Å². The molecule has 0 spiro atoms. The van der Waals surface area contributed by atoms with Crippen molar-refractivity contribution in [2.75, 3.05) is 6.54 Å². The van der Waals surface area contributed by atoms with Crippen molar-refractivity contribution in [3.05, 3.63) is 35.6 Å². The minimum absolute atomic E-state index is 0.157. The van der Waals surface area contributed by atoms with Gasteiger partial charge < -0.3 is 10.5 Å². The van der Waals surface area contributed by atoms with E-state index in [0.29, 0.717) is 23.8 Å². The van der Waals surface area contributed by atoms with Gasteiger partial charge >= 0.3 is 0 Å². The van der Waals surface area contributed by atoms with Gasteiger partial charge in [0.15, 0.2) is 5.90 Å². The predicted octanol–water partition coefficient (Wildman–Crippen LogP) is 2.29. The van der Waals surface area contributed by atoms with E-state index in [4.69, 9.17) is 10.5 Å². The second-order valence-electron chi connectivity index (χ2n) is 5.43. The first-order valence-electron chi connectivity index (χ1n) is 6.93. The highest BCUT2D eigenvalue weighted by Crippen LogP contribution is 2.32. The average molecular weight is 262 g/mol. The zero-order chi connectivity index (χ0) is 13.2. The van der Waals surface area contributed by atoms with E-state index < -0.39 is 0 Å². The van der Waals surface area contributed by atoms with Crippen LogP contribution in [0.4, 0.5) is 4.39 Å². The third-order valence-electron chi connectivity index (χ3n) is 4.10. The Morgan fingerprint density at radius 1 is 1.32 bits per heavy atom. The Morgan fingerprint density at radius 3 is 2.95 bits per heavy atom. The topological polar surface area (TPSA) is 47.6 Å². The van der Waals surface area contributed by atoms with Crippen LogP contribution in [0.5, 0.6) is 0 Å². The highest BCUT2D eigenvalue weighted by molar-refractivity contribution is 5.80. The standard InChI is InChI=1S/C15H19FN2O/c16-12-4-2-1-3-11(12)8-15-18-13-6-5-10(9-17)7-14(13)19-15/h1-4,10,13-14H,5-9,17H2. The minimum atomic E-state index is -0.191. The zero-order valence-corrected chi connectivity index (χ0v) is 10.9. The van der Waals surface area contributed by atoms with Crippen LogP contribution in [0.25, 0.3) is 0 Å². The summed E-state index contributed by atoms with van der Waals surface area (Å²) in [5, 5.41) is 0. The van der Waals surface area contributed by atoms with E-state index in [1.165, 1.54) is 6.07 Å². The summed E-state index contributed by atoms with van der Waals surface area (Å²) in [5.41, 5.74) is 6.37. The summed E-state index contributed by atoms with van der Waals surface area (Å²) in [6, 6.07) is 7.05. The van der Waals surface area contributed by atoms with Crippen molar-refractivity contribution in [3.8, 4) is 0 Å². The number of benzene rings is 1. The highest BCUT2D eigenvalue weighted by Gasteiger charge is 2.36. The van der Waals surface area contributed by atoms with Crippen LogP contribution in [0.2, 0.25) is 0 Å². The van der Waals surface area contributed by atoms with Crippen LogP contribution < -0.4 is 5.73 Å². The van der Waals surface area contributed by atoms with Crippen LogP contribution in [0, 0.1) is 11.7 Å². The van der Waals surface area contributed by atoms with Gasteiger partial charge in [-0.15, -0.1) is 0 Å². The van der Waals surface area contributed by atoms with Gasteiger partial charge in [0, 0.05) is 0 Å². The molecule has 2 aliphatic rings. The van der Waals surface area contributed by atoms with E-state index in [0.717, 1.165) is 25.8 Å². The molecular weight excluding hydrogens is 243 g/mol. The zero-order valence-electron chi connectivity index (χ0n) is 10.9. The number of nitrogens with two attached hydrogens (primary N) is 1. The summed E-state index contributed by atoms with van der Waals surface area (Å²) >= 11 is 0. The predicted molar refractivity (Wildman–Crippen MR) is 72.6 cm³/mol. The Hall–Kier alpha value is -1.42. The van der Waals surface area contributed by atoms with Crippen LogP contribution in [-0.2, 0) is 11.2 Å². The maximum absolute atomic E-state index is 13.6. The molecule has 3 atom stereocenters. The number of rotatable bonds is 3. The maximum Gasteiger partial charge on any atom is 0.188 e. The first kappa shape index (κ1) is 12.6. The van der Waals surface area contributed by atoms with E-state index in [1.807, 2.05) is 6.07 Å². The van der Waals surface area contributed by atoms with Gasteiger partial charge in [0.1, 0.15) is 11.9 Å². The Kier molecular flexibility index (Phi) is 3.51. The number of ether oxygens (including phenoxy) is 1. The summed E-state index contributed by atoms with van der Waals surface area (Å²) in [4.78, 5) is 4.60. The molecule has 2 N–H and O–H groups in total. The van der Waals surface area contributed by atoms with Gasteiger partial charge in [0.25, 0.3) is 0 Å². The monoisotopic (exact) mass is 262 g/mol. The average Bonchev–Trinajstić information content (AvgIpc) is 2.82. The minimum Gasteiger partial charge on any atom is -0.475 e. The molecule has 19 heavy (non-hydrogen) atoms. The molecule has 1 aliphatic carbocycles. The van der Waals surface area contributed by atoms with E-state index in [9.17, 15) is 4.39 Å². The van der Waals surface area contributed by atoms with Crippen LogP contribution in [0.15, 0.2) is 29.3 Å². The number of hydrogen-bond donors (Lipinski definition) is 1. The number of hydrogen-bond acceptors (Lipinski definition) is 3. The molecule has 0 aromatic heterocycles. The van der Waals surface area contributed by atoms with Crippen molar-refractivity contribution in [1.82, 2.24) is 0 Å². The maximum atomic E-state index is 13.6. The lowest BCUT2D eigenvalue weighted by Gasteiger charge is -2.28. The summed E-state index contributed by atoms with van der Waals surface area (Å²) in [6.07, 6.45) is 3.74. The number of aliphatic imine (C=N–C) groups is 1. The summed E-state index contributed by atoms with van der Waals surface area (Å²) in [6.45, 7) is 0.717. The molecular formula is C15H19FN2O. The first-order valence-corrected chi connectivity index (χ1v) is 6.93. The fourth-order valence-electron chi connectivity index (χ4n) is 2.97. The molecule has 0 amide bonds. The molecule has 1 aromatic carbocycles. The fraction of sp³-hybridized carbons (Fsp3) is 0.533. The molecule has 1 aliphatic heterocycles. The molecule has 0 radical (unpaired) electrons. The van der Waals surface area contributed by atoms with Crippen molar-refractivity contribution in [3.63, 3.8) is 0 Å². The smallest absolute Gasteiger partial charge is 0.188 e. The summed E-state index contributed by atoms with van der Waals surface area (Å²) in [5.74, 6) is 1.03. The van der Waals surface area contributed by atoms with E-state index in [2.05, 4.69) is 4.99 Å². The Balaban J connectivity index is 1.67. The number of fused-ring (bicyclic) bond motifs is 1. The lowest BCUT2D eigenvalue weighted by atomic mass is 9.84. The van der Waals surface area contributed by atoms with Gasteiger partial charge in [0.2, 0.25) is 0 Å². The third kappa shape index (κ3) is 2.63. The van der Waals surface area contributed by atoms with Crippen LogP contribution in [0.1, 0.15) is 24.8 Å². The van der Waals surface area contributed by atoms with Crippen LogP contribution in [-0.4, -0.2) is 24.6 Å². The molecule has 1 fully saturated rings. The molecule has 1 aromatic rings. The van der Waals surface area contributed by atoms with Gasteiger partial charge in [-0.05, 0) is 43.4 Å². The lowest BCUT2D eigenvalue weighted by molar-refractivity contribution is 0.121. The first-order chi connectivity index (χ1) is 9.26. The molecule has 0 bridgehead atoms. The fourth-order valence-corrected chi connectivity index (χ4v) is 2.97. The second kappa shape index (κ2) is 5.29. The van der Waals surface area contributed by atoms with Gasteiger partial charge in [-0.2, -0.15) is 0 Å². The molecule has 102 valence electrons. The van der Waals surface area contributed by atoms with Gasteiger partial charge in [-0.25, -0.2) is 9.38 Å². The van der Waals surface area contributed by atoms with Crippen molar-refractivity contribution in [2.24, 2.45) is 16.6 Å². The van der Waals surface area contributed by atoms with Crippen molar-refractivity contribution >= 4 is 5.90 Å². The Bertz CT molecular complexity index is 489. The van der Waals surface area contributed by atoms with Crippen LogP contribution >= 0.6 is 0 Å². The highest BCUT2D eigenvalue weighted by atomic mass is 19.1. The molecule has 1 saturated carbocycles. The van der Waals surface area contributed by atoms with Gasteiger partial charge in [0.05, 0.1) is 12.5 Å². The largest absolute Gasteiger partial charge is 0.475 e. The van der Waals surface area contributed by atoms with Crippen LogP contribution in [0.3, 0.4) is 0 Å². The van der Waals surface area contributed by atoms with Gasteiger partial charge in [-0.1, -0.05) is 18.2 Å². The quantitative estimate of drug-likeness (QED) is 0.908. The van der Waals surface area contributed by atoms with Crippen molar-refractivity contribution < 1.29 is 9.13 Å². The Labute approximate surface area is 112 Å². The molecule has 0 saturated heterocycles. The van der Waals surface area contributed by atoms with E-state index >= 15 is 0 Å². The summed E-state index contributed by atoms with van der Waals surface area (Å²) < 4.78 is 19.5. The third-order valence-corrected chi connectivity index (χ3v) is 4.10. The van der Waals surface area contributed by atoms with Gasteiger partial charge in [-0.3, -0.25) is 0 Å². The molecule has 4 heteroatoms. The molecule has 3 unspecified atom stereocenters. The Morgan fingerprint density at radius 2 is 2.16 bits per heavy atom. The SMILES string of the molecule is NCC1CCC2N=C(Cc3ccccc3F)OC2C1. The summed E-state index contributed by atoms with van der Waals surface area (Å²) in [7, 11) is 0. The molecule has 3 rings (SSSR count).